The van der Waals surface area contributed by atoms with Crippen LogP contribution in [0.1, 0.15) is 11.1 Å². The van der Waals surface area contributed by atoms with Crippen LogP contribution in [0.4, 0.5) is 0 Å². The summed E-state index contributed by atoms with van der Waals surface area (Å²) in [5.74, 6) is 1.22. The largest absolute Gasteiger partial charge is 0.439 e. The molecule has 0 saturated heterocycles. The fraction of sp³-hybridized carbons (Fsp3) is 0.154. The molecule has 4 heteroatoms. The van der Waals surface area contributed by atoms with Gasteiger partial charge in [0, 0.05) is 18.8 Å². The van der Waals surface area contributed by atoms with Crippen LogP contribution in [0, 0.1) is 0 Å². The maximum Gasteiger partial charge on any atom is 0.219 e. The second kappa shape index (κ2) is 5.43. The number of hydrogen-bond donors (Lipinski definition) is 2. The van der Waals surface area contributed by atoms with Gasteiger partial charge in [0.1, 0.15) is 5.75 Å². The molecule has 88 valence electrons. The van der Waals surface area contributed by atoms with Gasteiger partial charge in [-0.15, -0.1) is 0 Å². The maximum absolute atomic E-state index is 8.91. The topological polar surface area (TPSA) is 68.4 Å². The van der Waals surface area contributed by atoms with Crippen LogP contribution in [0.2, 0.25) is 0 Å². The van der Waals surface area contributed by atoms with E-state index in [0.717, 1.165) is 11.1 Å². The summed E-state index contributed by atoms with van der Waals surface area (Å²) in [4.78, 5) is 4.14. The fourth-order valence-electron chi connectivity index (χ4n) is 1.38. The zero-order valence-electron chi connectivity index (χ0n) is 9.34. The Bertz CT molecular complexity index is 420. The average Bonchev–Trinajstić information content (AvgIpc) is 2.40. The van der Waals surface area contributed by atoms with E-state index >= 15 is 0 Å². The van der Waals surface area contributed by atoms with Crippen molar-refractivity contribution in [2.45, 2.75) is 13.2 Å². The third-order valence-corrected chi connectivity index (χ3v) is 2.36. The molecule has 1 heterocycles. The lowest BCUT2D eigenvalue weighted by Crippen LogP contribution is -1.97. The van der Waals surface area contributed by atoms with E-state index in [1.165, 1.54) is 0 Å². The molecule has 1 aromatic carbocycles. The highest BCUT2D eigenvalue weighted by Crippen LogP contribution is 2.19. The predicted molar refractivity (Wildman–Crippen MR) is 64.6 cm³/mol. The molecule has 0 atom stereocenters. The number of aromatic nitrogens is 1. The highest BCUT2D eigenvalue weighted by Gasteiger charge is 1.99. The summed E-state index contributed by atoms with van der Waals surface area (Å²) in [6.07, 6.45) is 1.69. The highest BCUT2D eigenvalue weighted by atomic mass is 16.5. The minimum Gasteiger partial charge on any atom is -0.439 e. The molecule has 17 heavy (non-hydrogen) atoms. The molecular formula is C13H14N2O2. The van der Waals surface area contributed by atoms with Crippen LogP contribution in [0.25, 0.3) is 0 Å². The van der Waals surface area contributed by atoms with Gasteiger partial charge >= 0.3 is 0 Å². The van der Waals surface area contributed by atoms with E-state index in [4.69, 9.17) is 15.6 Å². The molecule has 1 aromatic heterocycles. The first-order valence-corrected chi connectivity index (χ1v) is 5.34. The molecule has 3 N–H and O–H groups in total. The molecule has 0 bridgehead atoms. The molecule has 4 nitrogen and oxygen atoms in total. The molecule has 0 saturated carbocycles. The van der Waals surface area contributed by atoms with Gasteiger partial charge in [0.2, 0.25) is 5.88 Å². The predicted octanol–water partition coefficient (Wildman–Crippen LogP) is 1.82. The summed E-state index contributed by atoms with van der Waals surface area (Å²) < 4.78 is 5.54. The van der Waals surface area contributed by atoms with Crippen molar-refractivity contribution >= 4 is 0 Å². The van der Waals surface area contributed by atoms with Gasteiger partial charge in [0.25, 0.3) is 0 Å². The Balaban J connectivity index is 2.08. The normalized spacial score (nSPS) is 10.2. The number of pyridine rings is 1. The van der Waals surface area contributed by atoms with Gasteiger partial charge in [-0.05, 0) is 23.3 Å². The van der Waals surface area contributed by atoms with Crippen LogP contribution in [-0.4, -0.2) is 10.1 Å². The van der Waals surface area contributed by atoms with Crippen molar-refractivity contribution in [3.8, 4) is 11.6 Å². The summed E-state index contributed by atoms with van der Waals surface area (Å²) in [5, 5.41) is 8.91. The number of rotatable bonds is 4. The summed E-state index contributed by atoms with van der Waals surface area (Å²) >= 11 is 0. The smallest absolute Gasteiger partial charge is 0.219 e. The highest BCUT2D eigenvalue weighted by molar-refractivity contribution is 5.30. The molecule has 0 aliphatic heterocycles. The number of hydrogen-bond acceptors (Lipinski definition) is 4. The number of aliphatic hydroxyl groups is 1. The summed E-state index contributed by atoms with van der Waals surface area (Å²) in [6, 6.07) is 10.9. The van der Waals surface area contributed by atoms with E-state index in [1.54, 1.807) is 24.4 Å². The SMILES string of the molecule is NCc1ccc(Oc2ccc(CO)cc2)nc1. The minimum absolute atomic E-state index is 0.0315. The van der Waals surface area contributed by atoms with Crippen molar-refractivity contribution in [3.05, 3.63) is 53.7 Å². The second-order valence-electron chi connectivity index (χ2n) is 3.61. The quantitative estimate of drug-likeness (QED) is 0.840. The van der Waals surface area contributed by atoms with Gasteiger partial charge in [-0.2, -0.15) is 0 Å². The minimum atomic E-state index is 0.0315. The van der Waals surface area contributed by atoms with E-state index in [2.05, 4.69) is 4.98 Å². The molecular weight excluding hydrogens is 216 g/mol. The molecule has 0 aliphatic carbocycles. The standard InChI is InChI=1S/C13H14N2O2/c14-7-11-3-6-13(15-8-11)17-12-4-1-10(9-16)2-5-12/h1-6,8,16H,7,9,14H2. The van der Waals surface area contributed by atoms with Crippen molar-refractivity contribution in [1.29, 1.82) is 0 Å². The third kappa shape index (κ3) is 3.03. The Labute approximate surface area is 99.7 Å². The van der Waals surface area contributed by atoms with Crippen molar-refractivity contribution in [2.24, 2.45) is 5.73 Å². The lowest BCUT2D eigenvalue weighted by molar-refractivity contribution is 0.281. The molecule has 0 spiro atoms. The van der Waals surface area contributed by atoms with Gasteiger partial charge < -0.3 is 15.6 Å². The van der Waals surface area contributed by atoms with Gasteiger partial charge in [0.05, 0.1) is 6.61 Å². The lowest BCUT2D eigenvalue weighted by atomic mass is 10.2. The van der Waals surface area contributed by atoms with E-state index in [9.17, 15) is 0 Å². The number of aliphatic hydroxyl groups excluding tert-OH is 1. The molecule has 0 unspecified atom stereocenters. The first-order chi connectivity index (χ1) is 8.31. The third-order valence-electron chi connectivity index (χ3n) is 2.36. The van der Waals surface area contributed by atoms with Crippen LogP contribution in [-0.2, 0) is 13.2 Å². The first-order valence-electron chi connectivity index (χ1n) is 5.34. The van der Waals surface area contributed by atoms with Gasteiger partial charge in [-0.25, -0.2) is 4.98 Å². The maximum atomic E-state index is 8.91. The van der Waals surface area contributed by atoms with E-state index in [-0.39, 0.29) is 6.61 Å². The second-order valence-corrected chi connectivity index (χ2v) is 3.61. The van der Waals surface area contributed by atoms with Crippen LogP contribution < -0.4 is 10.5 Å². The molecule has 0 aliphatic rings. The number of ether oxygens (including phenoxy) is 1. The van der Waals surface area contributed by atoms with Crippen molar-refractivity contribution in [2.75, 3.05) is 0 Å². The Kier molecular flexibility index (Phi) is 3.69. The molecule has 2 aromatic rings. The summed E-state index contributed by atoms with van der Waals surface area (Å²) in [7, 11) is 0. The van der Waals surface area contributed by atoms with Gasteiger partial charge in [-0.3, -0.25) is 0 Å². The zero-order chi connectivity index (χ0) is 12.1. The first kappa shape index (κ1) is 11.6. The van der Waals surface area contributed by atoms with Crippen LogP contribution >= 0.6 is 0 Å². The Morgan fingerprint density at radius 1 is 1.06 bits per heavy atom. The van der Waals surface area contributed by atoms with Gasteiger partial charge in [-0.1, -0.05) is 18.2 Å². The molecule has 0 amide bonds. The van der Waals surface area contributed by atoms with E-state index in [1.807, 2.05) is 18.2 Å². The van der Waals surface area contributed by atoms with Crippen LogP contribution in [0.5, 0.6) is 11.6 Å². The number of benzene rings is 1. The molecule has 0 fully saturated rings. The number of nitrogens with two attached hydrogens (primary N) is 1. The van der Waals surface area contributed by atoms with Crippen LogP contribution in [0.15, 0.2) is 42.6 Å². The Morgan fingerprint density at radius 3 is 2.29 bits per heavy atom. The zero-order valence-corrected chi connectivity index (χ0v) is 9.34. The van der Waals surface area contributed by atoms with Crippen LogP contribution in [0.3, 0.4) is 0 Å². The Morgan fingerprint density at radius 2 is 1.76 bits per heavy atom. The van der Waals surface area contributed by atoms with Crippen molar-refractivity contribution in [3.63, 3.8) is 0 Å². The monoisotopic (exact) mass is 230 g/mol. The molecule has 0 radical (unpaired) electrons. The van der Waals surface area contributed by atoms with Gasteiger partial charge in [0.15, 0.2) is 0 Å². The Hall–Kier alpha value is -1.91. The summed E-state index contributed by atoms with van der Waals surface area (Å²) in [6.45, 7) is 0.502. The van der Waals surface area contributed by atoms with E-state index in [0.29, 0.717) is 18.2 Å². The summed E-state index contributed by atoms with van der Waals surface area (Å²) in [5.41, 5.74) is 7.30. The van der Waals surface area contributed by atoms with Crippen molar-refractivity contribution < 1.29 is 9.84 Å². The fourth-order valence-corrected chi connectivity index (χ4v) is 1.38. The average molecular weight is 230 g/mol. The lowest BCUT2D eigenvalue weighted by Gasteiger charge is -2.05. The molecule has 2 rings (SSSR count). The van der Waals surface area contributed by atoms with Crippen molar-refractivity contribution in [1.82, 2.24) is 4.98 Å². The number of nitrogens with zero attached hydrogens (tertiary/aromatic N) is 1. The van der Waals surface area contributed by atoms with E-state index < -0.39 is 0 Å².